The third-order valence-corrected chi connectivity index (χ3v) is 5.54. The molecule has 4 N–H and O–H groups in total. The van der Waals surface area contributed by atoms with Gasteiger partial charge in [0.15, 0.2) is 10.8 Å². The van der Waals surface area contributed by atoms with Crippen LogP contribution in [0.1, 0.15) is 5.69 Å². The van der Waals surface area contributed by atoms with Gasteiger partial charge in [0, 0.05) is 12.6 Å². The van der Waals surface area contributed by atoms with Crippen molar-refractivity contribution in [1.29, 1.82) is 0 Å². The number of nitrogens with zero attached hydrogens (tertiary/aromatic N) is 3. The summed E-state index contributed by atoms with van der Waals surface area (Å²) >= 11 is 4.92. The summed E-state index contributed by atoms with van der Waals surface area (Å²) in [5.74, 6) is -0.707. The minimum Gasteiger partial charge on any atom is -0.376 e. The number of primary sulfonamides is 1. The summed E-state index contributed by atoms with van der Waals surface area (Å²) in [4.78, 5) is 1.07. The molecule has 164 valence electrons. The van der Waals surface area contributed by atoms with Crippen LogP contribution in [0, 0.1) is 5.82 Å². The summed E-state index contributed by atoms with van der Waals surface area (Å²) < 4.78 is 78.1. The van der Waals surface area contributed by atoms with Crippen molar-refractivity contribution in [2.24, 2.45) is 10.9 Å². The monoisotopic (exact) mass is 473 g/mol. The molecule has 0 spiro atoms. The molecule has 0 aliphatic rings. The fraction of sp³-hybridized carbons (Fsp3) is 0.111. The van der Waals surface area contributed by atoms with Gasteiger partial charge in [-0.1, -0.05) is 0 Å². The standard InChI is InChI=1S/C18H15F4N5O2S2/c1-26(17(23)30)14-7-2-10(19)8-13(14)15-9-16(18(20,21)22)25-27(15)11-3-5-12(6-4-11)31(24,28)29/h2-9H,1H3,(H2,23,30)(H2,24,28,29). The summed E-state index contributed by atoms with van der Waals surface area (Å²) in [5, 5.41) is 8.57. The highest BCUT2D eigenvalue weighted by molar-refractivity contribution is 7.89. The van der Waals surface area contributed by atoms with Crippen LogP contribution in [0.15, 0.2) is 53.4 Å². The van der Waals surface area contributed by atoms with Crippen molar-refractivity contribution >= 4 is 33.0 Å². The molecule has 0 atom stereocenters. The third kappa shape index (κ3) is 4.68. The Morgan fingerprint density at radius 2 is 1.74 bits per heavy atom. The number of aromatic nitrogens is 2. The number of thiocarbonyl (C=S) groups is 1. The van der Waals surface area contributed by atoms with Gasteiger partial charge in [0.2, 0.25) is 10.0 Å². The number of hydrogen-bond donors (Lipinski definition) is 2. The fourth-order valence-electron chi connectivity index (χ4n) is 2.81. The van der Waals surface area contributed by atoms with Crippen molar-refractivity contribution < 1.29 is 26.0 Å². The number of rotatable bonds is 4. The Kier molecular flexibility index (Phi) is 5.78. The second-order valence-corrected chi connectivity index (χ2v) is 8.40. The Bertz CT molecular complexity index is 1250. The highest BCUT2D eigenvalue weighted by Crippen LogP contribution is 2.37. The zero-order chi connectivity index (χ0) is 23.1. The van der Waals surface area contributed by atoms with Gasteiger partial charge in [-0.15, -0.1) is 0 Å². The van der Waals surface area contributed by atoms with Crippen LogP contribution in [-0.2, 0) is 16.2 Å². The number of hydrogen-bond acceptors (Lipinski definition) is 4. The molecule has 7 nitrogen and oxygen atoms in total. The Balaban J connectivity index is 2.28. The van der Waals surface area contributed by atoms with Crippen molar-refractivity contribution in [2.45, 2.75) is 11.1 Å². The SMILES string of the molecule is CN(C(N)=S)c1ccc(F)cc1-c1cc(C(F)(F)F)nn1-c1ccc(S(N)(=O)=O)cc1. The van der Waals surface area contributed by atoms with Gasteiger partial charge in [0.05, 0.1) is 22.0 Å². The first-order valence-electron chi connectivity index (χ1n) is 8.42. The average molecular weight is 473 g/mol. The van der Waals surface area contributed by atoms with Gasteiger partial charge in [-0.25, -0.2) is 22.6 Å². The Labute approximate surface area is 179 Å². The van der Waals surface area contributed by atoms with Crippen LogP contribution in [0.4, 0.5) is 23.2 Å². The normalized spacial score (nSPS) is 12.1. The Hall–Kier alpha value is -3.03. The molecule has 0 aliphatic carbocycles. The van der Waals surface area contributed by atoms with Gasteiger partial charge in [0.25, 0.3) is 0 Å². The van der Waals surface area contributed by atoms with E-state index in [1.807, 2.05) is 0 Å². The van der Waals surface area contributed by atoms with Crippen molar-refractivity contribution in [2.75, 3.05) is 11.9 Å². The molecule has 2 aromatic carbocycles. The molecular weight excluding hydrogens is 458 g/mol. The number of halogens is 4. The van der Waals surface area contributed by atoms with Crippen LogP contribution < -0.4 is 15.8 Å². The molecule has 0 unspecified atom stereocenters. The first-order chi connectivity index (χ1) is 14.3. The van der Waals surface area contributed by atoms with E-state index >= 15 is 0 Å². The summed E-state index contributed by atoms with van der Waals surface area (Å²) in [6, 6.07) is 8.90. The van der Waals surface area contributed by atoms with Crippen molar-refractivity contribution in [3.63, 3.8) is 0 Å². The first-order valence-corrected chi connectivity index (χ1v) is 10.4. The molecule has 0 amide bonds. The number of anilines is 1. The highest BCUT2D eigenvalue weighted by Gasteiger charge is 2.36. The summed E-state index contributed by atoms with van der Waals surface area (Å²) in [6.45, 7) is 0. The maximum Gasteiger partial charge on any atom is 0.435 e. The van der Waals surface area contributed by atoms with Gasteiger partial charge in [-0.05, 0) is 60.7 Å². The molecule has 3 rings (SSSR count). The minimum absolute atomic E-state index is 0.0359. The maximum absolute atomic E-state index is 14.0. The lowest BCUT2D eigenvalue weighted by Gasteiger charge is -2.21. The Morgan fingerprint density at radius 3 is 2.26 bits per heavy atom. The van der Waals surface area contributed by atoms with E-state index in [0.29, 0.717) is 0 Å². The van der Waals surface area contributed by atoms with Crippen molar-refractivity contribution in [3.8, 4) is 16.9 Å². The quantitative estimate of drug-likeness (QED) is 0.446. The molecule has 0 radical (unpaired) electrons. The number of alkyl halides is 3. The third-order valence-electron chi connectivity index (χ3n) is 4.34. The molecule has 0 saturated carbocycles. The molecule has 1 aromatic heterocycles. The zero-order valence-corrected chi connectivity index (χ0v) is 17.4. The predicted octanol–water partition coefficient (Wildman–Crippen LogP) is 3.02. The van der Waals surface area contributed by atoms with E-state index in [9.17, 15) is 26.0 Å². The zero-order valence-electron chi connectivity index (χ0n) is 15.8. The second kappa shape index (κ2) is 7.90. The predicted molar refractivity (Wildman–Crippen MR) is 111 cm³/mol. The smallest absolute Gasteiger partial charge is 0.376 e. The van der Waals surface area contributed by atoms with Gasteiger partial charge < -0.3 is 10.6 Å². The van der Waals surface area contributed by atoms with Crippen LogP contribution in [0.25, 0.3) is 16.9 Å². The lowest BCUT2D eigenvalue weighted by atomic mass is 10.1. The van der Waals surface area contributed by atoms with Gasteiger partial charge in [-0.3, -0.25) is 0 Å². The van der Waals surface area contributed by atoms with E-state index in [1.54, 1.807) is 0 Å². The summed E-state index contributed by atoms with van der Waals surface area (Å²) in [5.41, 5.74) is 4.64. The second-order valence-electron chi connectivity index (χ2n) is 6.42. The molecule has 31 heavy (non-hydrogen) atoms. The van der Waals surface area contributed by atoms with Gasteiger partial charge >= 0.3 is 6.18 Å². The number of benzene rings is 2. The lowest BCUT2D eigenvalue weighted by molar-refractivity contribution is -0.141. The maximum atomic E-state index is 14.0. The molecule has 0 fully saturated rings. The van der Waals surface area contributed by atoms with Crippen molar-refractivity contribution in [1.82, 2.24) is 9.78 Å². The van der Waals surface area contributed by atoms with E-state index in [1.165, 1.54) is 30.1 Å². The topological polar surface area (TPSA) is 107 Å². The van der Waals surface area contributed by atoms with Gasteiger partial charge in [0.1, 0.15) is 5.82 Å². The average Bonchev–Trinajstić information content (AvgIpc) is 3.12. The number of nitrogens with two attached hydrogens (primary N) is 2. The van der Waals surface area contributed by atoms with Crippen LogP contribution in [0.3, 0.4) is 0 Å². The van der Waals surface area contributed by atoms with E-state index in [-0.39, 0.29) is 32.6 Å². The van der Waals surface area contributed by atoms with Crippen LogP contribution >= 0.6 is 12.2 Å². The lowest BCUT2D eigenvalue weighted by Crippen LogP contribution is -2.32. The summed E-state index contributed by atoms with van der Waals surface area (Å²) in [6.07, 6.45) is -4.79. The fourth-order valence-corrected chi connectivity index (χ4v) is 3.42. The Morgan fingerprint density at radius 1 is 1.13 bits per heavy atom. The molecule has 3 aromatic rings. The minimum atomic E-state index is -4.79. The van der Waals surface area contributed by atoms with E-state index < -0.39 is 27.7 Å². The first kappa shape index (κ1) is 22.7. The van der Waals surface area contributed by atoms with Crippen LogP contribution in [-0.4, -0.2) is 30.4 Å². The number of sulfonamides is 1. The van der Waals surface area contributed by atoms with Crippen LogP contribution in [0.2, 0.25) is 0 Å². The molecule has 13 heteroatoms. The highest BCUT2D eigenvalue weighted by atomic mass is 32.2. The largest absolute Gasteiger partial charge is 0.435 e. The van der Waals surface area contributed by atoms with E-state index in [2.05, 4.69) is 5.10 Å². The summed E-state index contributed by atoms with van der Waals surface area (Å²) in [7, 11) is -2.53. The molecule has 1 heterocycles. The van der Waals surface area contributed by atoms with E-state index in [0.717, 1.165) is 35.0 Å². The van der Waals surface area contributed by atoms with Gasteiger partial charge in [-0.2, -0.15) is 18.3 Å². The van der Waals surface area contributed by atoms with Crippen molar-refractivity contribution in [3.05, 3.63) is 60.0 Å². The molecule has 0 saturated heterocycles. The van der Waals surface area contributed by atoms with Crippen LogP contribution in [0.5, 0.6) is 0 Å². The van der Waals surface area contributed by atoms with E-state index in [4.69, 9.17) is 23.1 Å². The molecular formula is C18H15F4N5O2S2. The molecule has 0 bridgehead atoms. The molecule has 0 aliphatic heterocycles.